The highest BCUT2D eigenvalue weighted by molar-refractivity contribution is 5.78. The van der Waals surface area contributed by atoms with Crippen molar-refractivity contribution in [2.45, 2.75) is 46.6 Å². The summed E-state index contributed by atoms with van der Waals surface area (Å²) in [5.74, 6) is -0.776. The molecule has 0 spiro atoms. The Morgan fingerprint density at radius 2 is 1.55 bits per heavy atom. The zero-order valence-electron chi connectivity index (χ0n) is 13.9. The van der Waals surface area contributed by atoms with Crippen LogP contribution in [-0.4, -0.2) is 72.2 Å². The second-order valence-electron chi connectivity index (χ2n) is 5.42. The lowest BCUT2D eigenvalue weighted by molar-refractivity contribution is -0.145. The third-order valence-corrected chi connectivity index (χ3v) is 3.87. The molecule has 0 aliphatic rings. The molecule has 5 nitrogen and oxygen atoms in total. The molecule has 1 unspecified atom stereocenters. The van der Waals surface area contributed by atoms with Crippen molar-refractivity contribution in [3.63, 3.8) is 0 Å². The molecule has 0 amide bonds. The summed E-state index contributed by atoms with van der Waals surface area (Å²) < 4.78 is 0. The van der Waals surface area contributed by atoms with Gasteiger partial charge in [-0.2, -0.15) is 0 Å². The minimum absolute atomic E-state index is 0.547. The van der Waals surface area contributed by atoms with E-state index in [2.05, 4.69) is 35.9 Å². The van der Waals surface area contributed by atoms with Crippen molar-refractivity contribution in [2.75, 3.05) is 45.8 Å². The first-order chi connectivity index (χ1) is 9.43. The van der Waals surface area contributed by atoms with Gasteiger partial charge >= 0.3 is 5.97 Å². The molecule has 1 atom stereocenters. The molecule has 0 aliphatic heterocycles. The maximum atomic E-state index is 11.4. The van der Waals surface area contributed by atoms with Crippen LogP contribution in [0, 0.1) is 0 Å². The maximum Gasteiger partial charge on any atom is 0.324 e. The number of rotatable bonds is 12. The molecule has 5 heteroatoms. The van der Waals surface area contributed by atoms with E-state index in [9.17, 15) is 9.90 Å². The van der Waals surface area contributed by atoms with Gasteiger partial charge in [0.15, 0.2) is 0 Å². The fourth-order valence-corrected chi connectivity index (χ4v) is 2.44. The zero-order valence-corrected chi connectivity index (χ0v) is 13.9. The summed E-state index contributed by atoms with van der Waals surface area (Å²) in [6, 6.07) is 0. The van der Waals surface area contributed by atoms with E-state index in [4.69, 9.17) is 0 Å². The fourth-order valence-electron chi connectivity index (χ4n) is 2.44. The van der Waals surface area contributed by atoms with E-state index in [-0.39, 0.29) is 0 Å². The van der Waals surface area contributed by atoms with Crippen LogP contribution in [0.5, 0.6) is 0 Å². The van der Waals surface area contributed by atoms with Gasteiger partial charge in [-0.05, 0) is 52.6 Å². The smallest absolute Gasteiger partial charge is 0.324 e. The molecular weight excluding hydrogens is 254 g/mol. The molecule has 20 heavy (non-hydrogen) atoms. The van der Waals surface area contributed by atoms with Gasteiger partial charge in [-0.1, -0.05) is 27.7 Å². The van der Waals surface area contributed by atoms with Crippen molar-refractivity contribution in [3.05, 3.63) is 0 Å². The second-order valence-corrected chi connectivity index (χ2v) is 5.42. The van der Waals surface area contributed by atoms with Gasteiger partial charge in [0.25, 0.3) is 0 Å². The lowest BCUT2D eigenvalue weighted by Gasteiger charge is -2.32. The number of nitrogens with one attached hydrogen (secondary N) is 1. The molecule has 0 heterocycles. The summed E-state index contributed by atoms with van der Waals surface area (Å²) >= 11 is 0. The lowest BCUT2D eigenvalue weighted by atomic mass is 10.0. The van der Waals surface area contributed by atoms with Crippen molar-refractivity contribution in [1.82, 2.24) is 15.1 Å². The quantitative estimate of drug-likeness (QED) is 0.569. The number of hydrogen-bond donors (Lipinski definition) is 2. The Morgan fingerprint density at radius 3 is 1.95 bits per heavy atom. The first-order valence-electron chi connectivity index (χ1n) is 7.86. The van der Waals surface area contributed by atoms with Crippen LogP contribution < -0.4 is 5.32 Å². The Bertz CT molecular complexity index is 270. The zero-order chi connectivity index (χ0) is 15.6. The monoisotopic (exact) mass is 287 g/mol. The Morgan fingerprint density at radius 1 is 1.05 bits per heavy atom. The van der Waals surface area contributed by atoms with Gasteiger partial charge in [-0.3, -0.25) is 4.79 Å². The highest BCUT2D eigenvalue weighted by Gasteiger charge is 2.33. The number of nitrogens with zero attached hydrogens (tertiary/aromatic N) is 2. The van der Waals surface area contributed by atoms with E-state index in [1.165, 1.54) is 0 Å². The molecular formula is C15H33N3O2. The van der Waals surface area contributed by atoms with Crippen LogP contribution >= 0.6 is 0 Å². The molecule has 0 aromatic rings. The lowest BCUT2D eigenvalue weighted by Crippen LogP contribution is -2.57. The molecule has 0 aromatic carbocycles. The van der Waals surface area contributed by atoms with E-state index in [0.29, 0.717) is 13.1 Å². The molecule has 0 bridgehead atoms. The van der Waals surface area contributed by atoms with Crippen LogP contribution in [0.25, 0.3) is 0 Å². The van der Waals surface area contributed by atoms with Gasteiger partial charge in [0.05, 0.1) is 0 Å². The predicted molar refractivity (Wildman–Crippen MR) is 84.2 cm³/mol. The summed E-state index contributed by atoms with van der Waals surface area (Å²) in [6.45, 7) is 16.4. The van der Waals surface area contributed by atoms with Crippen LogP contribution in [0.1, 0.15) is 41.0 Å². The summed E-state index contributed by atoms with van der Waals surface area (Å²) in [5.41, 5.74) is -0.861. The molecule has 0 saturated heterocycles. The molecule has 120 valence electrons. The topological polar surface area (TPSA) is 55.8 Å². The van der Waals surface area contributed by atoms with Crippen molar-refractivity contribution in [2.24, 2.45) is 0 Å². The third kappa shape index (κ3) is 6.68. The molecule has 0 aromatic heterocycles. The molecule has 0 radical (unpaired) electrons. The number of carbonyl (C=O) groups is 1. The number of carboxylic acid groups (broad SMARTS) is 1. The first-order valence-corrected chi connectivity index (χ1v) is 7.86. The minimum atomic E-state index is -0.861. The minimum Gasteiger partial charge on any atom is -0.480 e. The number of hydrogen-bond acceptors (Lipinski definition) is 4. The van der Waals surface area contributed by atoms with Gasteiger partial charge < -0.3 is 20.2 Å². The van der Waals surface area contributed by atoms with Crippen molar-refractivity contribution in [3.8, 4) is 0 Å². The predicted octanol–water partition coefficient (Wildman–Crippen LogP) is 1.49. The van der Waals surface area contributed by atoms with Crippen molar-refractivity contribution in [1.29, 1.82) is 0 Å². The number of aliphatic carboxylic acids is 1. The van der Waals surface area contributed by atoms with Crippen LogP contribution in [0.3, 0.4) is 0 Å². The Hall–Kier alpha value is -0.650. The summed E-state index contributed by atoms with van der Waals surface area (Å²) in [6.07, 6.45) is 1.08. The highest BCUT2D eigenvalue weighted by atomic mass is 16.4. The Kier molecular flexibility index (Phi) is 9.80. The molecule has 0 aliphatic carbocycles. The number of likely N-dealkylation sites (N-methyl/N-ethyl adjacent to an activating group) is 2. The maximum absolute atomic E-state index is 11.4. The van der Waals surface area contributed by atoms with E-state index >= 15 is 0 Å². The largest absolute Gasteiger partial charge is 0.480 e. The molecule has 2 N–H and O–H groups in total. The SMILES string of the molecule is CCNC(C)(CN(CC)CCCN(CC)CC)C(=O)O. The molecule has 0 fully saturated rings. The average molecular weight is 287 g/mol. The van der Waals surface area contributed by atoms with E-state index < -0.39 is 11.5 Å². The third-order valence-electron chi connectivity index (χ3n) is 3.87. The normalized spacial score (nSPS) is 14.8. The Balaban J connectivity index is 4.34. The highest BCUT2D eigenvalue weighted by Crippen LogP contribution is 2.08. The molecule has 0 saturated carbocycles. The van der Waals surface area contributed by atoms with Crippen molar-refractivity contribution >= 4 is 5.97 Å². The number of carboxylic acids is 1. The molecule has 0 rings (SSSR count). The van der Waals surface area contributed by atoms with Gasteiger partial charge in [0, 0.05) is 6.54 Å². The van der Waals surface area contributed by atoms with Crippen molar-refractivity contribution < 1.29 is 9.90 Å². The summed E-state index contributed by atoms with van der Waals surface area (Å²) in [7, 11) is 0. The van der Waals surface area contributed by atoms with Crippen LogP contribution in [0.4, 0.5) is 0 Å². The van der Waals surface area contributed by atoms with E-state index in [1.807, 2.05) is 6.92 Å². The van der Waals surface area contributed by atoms with Gasteiger partial charge in [-0.15, -0.1) is 0 Å². The second kappa shape index (κ2) is 10.1. The van der Waals surface area contributed by atoms with Crippen LogP contribution in [-0.2, 0) is 4.79 Å². The van der Waals surface area contributed by atoms with Gasteiger partial charge in [0.2, 0.25) is 0 Å². The summed E-state index contributed by atoms with van der Waals surface area (Å²) in [5, 5.41) is 12.5. The first kappa shape index (κ1) is 19.4. The standard InChI is InChI=1S/C15H33N3O2/c1-6-16-15(5,14(19)20)13-18(9-4)12-10-11-17(7-2)8-3/h16H,6-13H2,1-5H3,(H,19,20). The average Bonchev–Trinajstić information content (AvgIpc) is 2.42. The fraction of sp³-hybridized carbons (Fsp3) is 0.933. The summed E-state index contributed by atoms with van der Waals surface area (Å²) in [4.78, 5) is 16.1. The van der Waals surface area contributed by atoms with Gasteiger partial charge in [-0.25, -0.2) is 0 Å². The van der Waals surface area contributed by atoms with Gasteiger partial charge in [0.1, 0.15) is 5.54 Å². The van der Waals surface area contributed by atoms with Crippen LogP contribution in [0.2, 0.25) is 0 Å². The van der Waals surface area contributed by atoms with E-state index in [0.717, 1.165) is 39.1 Å². The van der Waals surface area contributed by atoms with E-state index in [1.54, 1.807) is 6.92 Å². The Labute approximate surface area is 124 Å². The van der Waals surface area contributed by atoms with Crippen LogP contribution in [0.15, 0.2) is 0 Å².